The van der Waals surface area contributed by atoms with Crippen molar-refractivity contribution in [3.8, 4) is 11.3 Å². The molecule has 1 N–H and O–H groups in total. The van der Waals surface area contributed by atoms with Gasteiger partial charge in [0.2, 0.25) is 5.91 Å². The maximum absolute atomic E-state index is 14.4. The molecule has 2 aromatic carbocycles. The van der Waals surface area contributed by atoms with Crippen LogP contribution in [0.3, 0.4) is 0 Å². The lowest BCUT2D eigenvalue weighted by Crippen LogP contribution is -2.47. The molecular formula is C32H31ClFN5O3S2. The number of carbonyl (C=O) groups excluding carboxylic acids is 1. The van der Waals surface area contributed by atoms with E-state index in [0.717, 1.165) is 39.5 Å². The van der Waals surface area contributed by atoms with Crippen molar-refractivity contribution in [2.45, 2.75) is 23.7 Å². The molecule has 1 fully saturated rings. The minimum atomic E-state index is -3.89. The Morgan fingerprint density at radius 1 is 1.02 bits per heavy atom. The van der Waals surface area contributed by atoms with E-state index in [1.54, 1.807) is 24.3 Å². The number of pyridine rings is 1. The normalized spacial score (nSPS) is 17.3. The SMILES string of the molecule is Cc1ccc(-c2cc(CNC(=O)[C@@H]3C=CCN3S(=O)(=O)c3ccc(Cl)s3)cc(N3CCN(c4ccccc4F)CC3)n2)cc1. The van der Waals surface area contributed by atoms with Gasteiger partial charge >= 0.3 is 0 Å². The summed E-state index contributed by atoms with van der Waals surface area (Å²) in [6.45, 7) is 4.89. The molecule has 44 heavy (non-hydrogen) atoms. The number of aryl methyl sites for hydroxylation is 1. The van der Waals surface area contributed by atoms with Crippen LogP contribution in [0.2, 0.25) is 4.34 Å². The van der Waals surface area contributed by atoms with E-state index < -0.39 is 22.0 Å². The third-order valence-corrected chi connectivity index (χ3v) is 11.3. The first kappa shape index (κ1) is 30.3. The Hall–Kier alpha value is -3.77. The average molecular weight is 652 g/mol. The number of benzene rings is 2. The first-order chi connectivity index (χ1) is 21.2. The Kier molecular flexibility index (Phi) is 8.73. The molecule has 12 heteroatoms. The van der Waals surface area contributed by atoms with Gasteiger partial charge in [0.15, 0.2) is 0 Å². The fourth-order valence-electron chi connectivity index (χ4n) is 5.41. The molecule has 6 rings (SSSR count). The van der Waals surface area contributed by atoms with Crippen molar-refractivity contribution < 1.29 is 17.6 Å². The number of rotatable bonds is 8. The predicted molar refractivity (Wildman–Crippen MR) is 173 cm³/mol. The lowest BCUT2D eigenvalue weighted by molar-refractivity contribution is -0.123. The Balaban J connectivity index is 1.21. The van der Waals surface area contributed by atoms with Crippen molar-refractivity contribution in [2.24, 2.45) is 0 Å². The second kappa shape index (κ2) is 12.7. The molecule has 0 saturated carbocycles. The number of carbonyl (C=O) groups is 1. The van der Waals surface area contributed by atoms with E-state index in [1.165, 1.54) is 22.5 Å². The van der Waals surface area contributed by atoms with Gasteiger partial charge in [0.05, 0.1) is 15.7 Å². The molecule has 2 aliphatic heterocycles. The first-order valence-electron chi connectivity index (χ1n) is 14.2. The Bertz CT molecular complexity index is 1800. The van der Waals surface area contributed by atoms with Crippen molar-refractivity contribution in [2.75, 3.05) is 42.5 Å². The van der Waals surface area contributed by atoms with Crippen LogP contribution >= 0.6 is 22.9 Å². The predicted octanol–water partition coefficient (Wildman–Crippen LogP) is 5.48. The number of hydrogen-bond donors (Lipinski definition) is 1. The maximum atomic E-state index is 14.4. The fraction of sp³-hybridized carbons (Fsp3) is 0.250. The highest BCUT2D eigenvalue weighted by Crippen LogP contribution is 2.31. The van der Waals surface area contributed by atoms with Gasteiger partial charge in [-0.2, -0.15) is 4.31 Å². The average Bonchev–Trinajstić information content (AvgIpc) is 3.71. The number of nitrogens with zero attached hydrogens (tertiary/aromatic N) is 4. The molecule has 1 amide bonds. The zero-order valence-corrected chi connectivity index (χ0v) is 26.4. The Morgan fingerprint density at radius 3 is 2.45 bits per heavy atom. The van der Waals surface area contributed by atoms with Gasteiger partial charge in [0, 0.05) is 44.8 Å². The van der Waals surface area contributed by atoms with Gasteiger partial charge in [0.25, 0.3) is 10.0 Å². The maximum Gasteiger partial charge on any atom is 0.253 e. The number of nitrogens with one attached hydrogen (secondary N) is 1. The Labute approximate surface area is 265 Å². The molecule has 2 aromatic heterocycles. The number of hydrogen-bond acceptors (Lipinski definition) is 7. The topological polar surface area (TPSA) is 85.8 Å². The molecule has 0 spiro atoms. The molecule has 2 aliphatic rings. The van der Waals surface area contributed by atoms with Gasteiger partial charge in [-0.3, -0.25) is 4.79 Å². The number of anilines is 2. The standard InChI is InChI=1S/C32H31ClFN5O3S2/c1-22-8-10-24(11-9-22)26-19-23(20-30(36-26)38-17-15-37(16-18-38)27-6-3-2-5-25(27)34)21-35-32(40)28-7-4-14-39(28)44(41,42)31-13-12-29(33)43-31/h2-13,19-20,28H,14-18,21H2,1H3,(H,35,40)/t28-/m0/s1. The van der Waals surface area contributed by atoms with E-state index >= 15 is 0 Å². The quantitative estimate of drug-likeness (QED) is 0.254. The van der Waals surface area contributed by atoms with E-state index in [0.29, 0.717) is 36.2 Å². The summed E-state index contributed by atoms with van der Waals surface area (Å²) >= 11 is 6.94. The second-order valence-electron chi connectivity index (χ2n) is 10.7. The second-order valence-corrected chi connectivity index (χ2v) is 14.6. The lowest BCUT2D eigenvalue weighted by Gasteiger charge is -2.37. The number of piperazine rings is 1. The summed E-state index contributed by atoms with van der Waals surface area (Å²) in [4.78, 5) is 22.5. The summed E-state index contributed by atoms with van der Waals surface area (Å²) in [5.41, 5.74) is 4.27. The van der Waals surface area contributed by atoms with E-state index in [2.05, 4.69) is 10.2 Å². The van der Waals surface area contributed by atoms with Gasteiger partial charge in [-0.15, -0.1) is 11.3 Å². The number of halogens is 2. The molecule has 4 heterocycles. The zero-order valence-electron chi connectivity index (χ0n) is 24.0. The highest BCUT2D eigenvalue weighted by molar-refractivity contribution is 7.91. The largest absolute Gasteiger partial charge is 0.366 e. The molecular weight excluding hydrogens is 621 g/mol. The Morgan fingerprint density at radius 2 is 1.75 bits per heavy atom. The van der Waals surface area contributed by atoms with Crippen LogP contribution < -0.4 is 15.1 Å². The third-order valence-electron chi connectivity index (χ3n) is 7.78. The zero-order chi connectivity index (χ0) is 30.8. The van der Waals surface area contributed by atoms with E-state index in [9.17, 15) is 17.6 Å². The van der Waals surface area contributed by atoms with Gasteiger partial charge < -0.3 is 15.1 Å². The molecule has 1 saturated heterocycles. The van der Waals surface area contributed by atoms with Crippen molar-refractivity contribution in [3.63, 3.8) is 0 Å². The molecule has 0 radical (unpaired) electrons. The smallest absolute Gasteiger partial charge is 0.253 e. The molecule has 0 bridgehead atoms. The van der Waals surface area contributed by atoms with E-state index in [-0.39, 0.29) is 23.1 Å². The van der Waals surface area contributed by atoms with Crippen molar-refractivity contribution in [3.05, 3.63) is 106 Å². The minimum absolute atomic E-state index is 0.0978. The summed E-state index contributed by atoms with van der Waals surface area (Å²) in [6.07, 6.45) is 3.28. The molecule has 228 valence electrons. The molecule has 0 aliphatic carbocycles. The lowest BCUT2D eigenvalue weighted by atomic mass is 10.1. The monoisotopic (exact) mass is 651 g/mol. The number of para-hydroxylation sites is 1. The number of amides is 1. The van der Waals surface area contributed by atoms with Gasteiger partial charge in [-0.05, 0) is 48.9 Å². The molecule has 8 nitrogen and oxygen atoms in total. The van der Waals surface area contributed by atoms with Crippen LogP contribution in [0.4, 0.5) is 15.9 Å². The van der Waals surface area contributed by atoms with E-state index in [4.69, 9.17) is 16.6 Å². The van der Waals surface area contributed by atoms with Gasteiger partial charge in [-0.1, -0.05) is 65.7 Å². The highest BCUT2D eigenvalue weighted by Gasteiger charge is 2.37. The van der Waals surface area contributed by atoms with Crippen LogP contribution in [0.25, 0.3) is 11.3 Å². The number of thiophene rings is 1. The summed E-state index contributed by atoms with van der Waals surface area (Å²) in [5.74, 6) is 0.111. The van der Waals surface area contributed by atoms with Crippen LogP contribution in [-0.4, -0.2) is 62.4 Å². The molecule has 4 aromatic rings. The summed E-state index contributed by atoms with van der Waals surface area (Å²) in [5, 5.41) is 2.94. The van der Waals surface area contributed by atoms with Crippen molar-refractivity contribution in [1.29, 1.82) is 0 Å². The fourth-order valence-corrected chi connectivity index (χ4v) is 8.52. The first-order valence-corrected chi connectivity index (χ1v) is 16.9. The van der Waals surface area contributed by atoms with Crippen LogP contribution in [0.5, 0.6) is 0 Å². The summed E-state index contributed by atoms with van der Waals surface area (Å²) in [7, 11) is -3.89. The van der Waals surface area contributed by atoms with Gasteiger partial charge in [-0.25, -0.2) is 17.8 Å². The van der Waals surface area contributed by atoms with Crippen LogP contribution in [-0.2, 0) is 21.4 Å². The molecule has 1 atom stereocenters. The van der Waals surface area contributed by atoms with Crippen LogP contribution in [0.15, 0.2) is 89.2 Å². The summed E-state index contributed by atoms with van der Waals surface area (Å²) in [6, 6.07) is 20.8. The number of aromatic nitrogens is 1. The van der Waals surface area contributed by atoms with Crippen LogP contribution in [0, 0.1) is 12.7 Å². The van der Waals surface area contributed by atoms with Crippen molar-refractivity contribution >= 4 is 50.4 Å². The molecule has 0 unspecified atom stereocenters. The highest BCUT2D eigenvalue weighted by atomic mass is 35.5. The third kappa shape index (κ3) is 6.37. The van der Waals surface area contributed by atoms with Gasteiger partial charge in [0.1, 0.15) is 21.9 Å². The minimum Gasteiger partial charge on any atom is -0.366 e. The van der Waals surface area contributed by atoms with Crippen LogP contribution in [0.1, 0.15) is 11.1 Å². The van der Waals surface area contributed by atoms with E-state index in [1.807, 2.05) is 54.3 Å². The van der Waals surface area contributed by atoms with Crippen molar-refractivity contribution in [1.82, 2.24) is 14.6 Å². The number of sulfonamides is 1. The summed E-state index contributed by atoms with van der Waals surface area (Å²) < 4.78 is 42.5.